The molecule has 8 heteroatoms. The van der Waals surface area contributed by atoms with Crippen LogP contribution in [0.1, 0.15) is 15.9 Å². The van der Waals surface area contributed by atoms with Gasteiger partial charge >= 0.3 is 6.61 Å². The molecule has 2 amide bonds. The quantitative estimate of drug-likeness (QED) is 0.804. The Balaban J connectivity index is 1.85. The third kappa shape index (κ3) is 5.83. The summed E-state index contributed by atoms with van der Waals surface area (Å²) in [6.45, 7) is -3.24. The van der Waals surface area contributed by atoms with Gasteiger partial charge in [0.25, 0.3) is 5.91 Å². The molecule has 2 N–H and O–H groups in total. The zero-order chi connectivity index (χ0) is 18.2. The molecule has 2 aromatic rings. The number of hydrogen-bond donors (Lipinski definition) is 2. The van der Waals surface area contributed by atoms with Gasteiger partial charge in [0.15, 0.2) is 0 Å². The molecule has 0 bridgehead atoms. The van der Waals surface area contributed by atoms with Crippen LogP contribution >= 0.6 is 0 Å². The highest BCUT2D eigenvalue weighted by Crippen LogP contribution is 2.19. The molecule has 0 fully saturated rings. The van der Waals surface area contributed by atoms with Crippen molar-refractivity contribution in [3.05, 3.63) is 65.5 Å². The first-order valence-corrected chi connectivity index (χ1v) is 7.29. The summed E-state index contributed by atoms with van der Waals surface area (Å²) >= 11 is 0. The molecule has 2 aromatic carbocycles. The van der Waals surface area contributed by atoms with Gasteiger partial charge in [0.2, 0.25) is 5.91 Å². The first kappa shape index (κ1) is 18.3. The molecule has 0 heterocycles. The highest BCUT2D eigenvalue weighted by Gasteiger charge is 2.15. The number of halogens is 3. The second-order valence-electron chi connectivity index (χ2n) is 4.96. The Kier molecular flexibility index (Phi) is 6.39. The number of rotatable bonds is 7. The Morgan fingerprint density at radius 1 is 1.00 bits per heavy atom. The summed E-state index contributed by atoms with van der Waals surface area (Å²) in [6.07, 6.45) is 0. The number of carbonyl (C=O) groups is 2. The fraction of sp³-hybridized carbons (Fsp3) is 0.176. The van der Waals surface area contributed by atoms with Crippen molar-refractivity contribution in [3.63, 3.8) is 0 Å². The van der Waals surface area contributed by atoms with Crippen LogP contribution < -0.4 is 15.4 Å². The number of para-hydroxylation sites is 1. The molecular weight excluding hydrogens is 337 g/mol. The van der Waals surface area contributed by atoms with Gasteiger partial charge in [-0.05, 0) is 29.8 Å². The lowest BCUT2D eigenvalue weighted by molar-refractivity contribution is -0.120. The van der Waals surface area contributed by atoms with Crippen LogP contribution in [0.3, 0.4) is 0 Å². The van der Waals surface area contributed by atoms with E-state index in [0.29, 0.717) is 5.56 Å². The summed E-state index contributed by atoms with van der Waals surface area (Å²) < 4.78 is 41.7. The molecule has 0 aliphatic rings. The van der Waals surface area contributed by atoms with Gasteiger partial charge in [-0.15, -0.1) is 0 Å². The smallest absolute Gasteiger partial charge is 0.387 e. The molecule has 2 rings (SSSR count). The number of nitrogens with one attached hydrogen (secondary N) is 2. The third-order valence-electron chi connectivity index (χ3n) is 3.16. The average Bonchev–Trinajstić information content (AvgIpc) is 2.59. The van der Waals surface area contributed by atoms with Crippen LogP contribution in [0.2, 0.25) is 0 Å². The topological polar surface area (TPSA) is 67.4 Å². The Hall–Kier alpha value is -3.03. The Labute approximate surface area is 141 Å². The SMILES string of the molecule is O=C(CNC(=O)c1ccccc1OC(F)F)NCc1ccc(F)cc1. The van der Waals surface area contributed by atoms with Crippen molar-refractivity contribution in [2.75, 3.05) is 6.54 Å². The summed E-state index contributed by atoms with van der Waals surface area (Å²) in [6, 6.07) is 11.1. The Morgan fingerprint density at radius 2 is 1.68 bits per heavy atom. The van der Waals surface area contributed by atoms with E-state index in [0.717, 1.165) is 0 Å². The van der Waals surface area contributed by atoms with Crippen LogP contribution in [0, 0.1) is 5.82 Å². The second kappa shape index (κ2) is 8.72. The molecule has 25 heavy (non-hydrogen) atoms. The second-order valence-corrected chi connectivity index (χ2v) is 4.96. The Morgan fingerprint density at radius 3 is 2.36 bits per heavy atom. The molecule has 0 aromatic heterocycles. The van der Waals surface area contributed by atoms with Gasteiger partial charge in [0.1, 0.15) is 11.6 Å². The maximum absolute atomic E-state index is 12.8. The van der Waals surface area contributed by atoms with Crippen molar-refractivity contribution in [1.29, 1.82) is 0 Å². The minimum Gasteiger partial charge on any atom is -0.434 e. The summed E-state index contributed by atoms with van der Waals surface area (Å²) in [7, 11) is 0. The van der Waals surface area contributed by atoms with Crippen molar-refractivity contribution in [2.45, 2.75) is 13.2 Å². The number of carbonyl (C=O) groups excluding carboxylic acids is 2. The normalized spacial score (nSPS) is 10.4. The highest BCUT2D eigenvalue weighted by molar-refractivity contribution is 5.98. The molecule has 0 aliphatic carbocycles. The van der Waals surface area contributed by atoms with Crippen LogP contribution in [0.15, 0.2) is 48.5 Å². The van der Waals surface area contributed by atoms with E-state index in [4.69, 9.17) is 0 Å². The van der Waals surface area contributed by atoms with Gasteiger partial charge < -0.3 is 15.4 Å². The average molecular weight is 352 g/mol. The monoisotopic (exact) mass is 352 g/mol. The summed E-state index contributed by atoms with van der Waals surface area (Å²) in [5.41, 5.74) is 0.589. The fourth-order valence-electron chi connectivity index (χ4n) is 1.97. The van der Waals surface area contributed by atoms with E-state index in [2.05, 4.69) is 15.4 Å². The summed E-state index contributed by atoms with van der Waals surface area (Å²) in [4.78, 5) is 23.7. The van der Waals surface area contributed by atoms with Gasteiger partial charge in [-0.3, -0.25) is 9.59 Å². The summed E-state index contributed by atoms with van der Waals surface area (Å²) in [5.74, 6) is -1.85. The van der Waals surface area contributed by atoms with E-state index < -0.39 is 18.4 Å². The van der Waals surface area contributed by atoms with Crippen molar-refractivity contribution in [3.8, 4) is 5.75 Å². The minimum absolute atomic E-state index is 0.103. The molecule has 0 aliphatic heterocycles. The predicted octanol–water partition coefficient (Wildman–Crippen LogP) is 2.47. The van der Waals surface area contributed by atoms with Crippen LogP contribution in [0.4, 0.5) is 13.2 Å². The molecule has 0 atom stereocenters. The van der Waals surface area contributed by atoms with Gasteiger partial charge in [-0.25, -0.2) is 4.39 Å². The molecule has 0 saturated heterocycles. The maximum Gasteiger partial charge on any atom is 0.387 e. The first-order valence-electron chi connectivity index (χ1n) is 7.29. The summed E-state index contributed by atoms with van der Waals surface area (Å²) in [5, 5.41) is 4.87. The van der Waals surface area contributed by atoms with Gasteiger partial charge in [-0.1, -0.05) is 24.3 Å². The van der Waals surface area contributed by atoms with Crippen LogP contribution in [0.25, 0.3) is 0 Å². The number of ether oxygens (including phenoxy) is 1. The fourth-order valence-corrected chi connectivity index (χ4v) is 1.97. The zero-order valence-corrected chi connectivity index (χ0v) is 13.0. The van der Waals surface area contributed by atoms with E-state index in [1.807, 2.05) is 0 Å². The van der Waals surface area contributed by atoms with Crippen molar-refractivity contribution in [2.24, 2.45) is 0 Å². The van der Waals surface area contributed by atoms with Crippen LogP contribution in [-0.2, 0) is 11.3 Å². The Bertz CT molecular complexity index is 736. The van der Waals surface area contributed by atoms with E-state index in [9.17, 15) is 22.8 Å². The number of alkyl halides is 2. The molecule has 0 saturated carbocycles. The highest BCUT2D eigenvalue weighted by atomic mass is 19.3. The van der Waals surface area contributed by atoms with E-state index in [1.54, 1.807) is 0 Å². The minimum atomic E-state index is -3.06. The van der Waals surface area contributed by atoms with Crippen LogP contribution in [0.5, 0.6) is 5.75 Å². The number of hydrogen-bond acceptors (Lipinski definition) is 3. The maximum atomic E-state index is 12.8. The van der Waals surface area contributed by atoms with Crippen LogP contribution in [-0.4, -0.2) is 25.0 Å². The molecule has 5 nitrogen and oxygen atoms in total. The van der Waals surface area contributed by atoms with E-state index in [1.165, 1.54) is 48.5 Å². The lowest BCUT2D eigenvalue weighted by Crippen LogP contribution is -2.36. The molecule has 0 radical (unpaired) electrons. The van der Waals surface area contributed by atoms with E-state index in [-0.39, 0.29) is 30.2 Å². The lowest BCUT2D eigenvalue weighted by atomic mass is 10.2. The molecule has 0 unspecified atom stereocenters. The van der Waals surface area contributed by atoms with Gasteiger partial charge in [0.05, 0.1) is 12.1 Å². The first-order chi connectivity index (χ1) is 12.0. The van der Waals surface area contributed by atoms with Gasteiger partial charge in [-0.2, -0.15) is 8.78 Å². The molecule has 0 spiro atoms. The number of benzene rings is 2. The molecule has 132 valence electrons. The van der Waals surface area contributed by atoms with Crippen molar-refractivity contribution >= 4 is 11.8 Å². The largest absolute Gasteiger partial charge is 0.434 e. The zero-order valence-electron chi connectivity index (χ0n) is 13.0. The van der Waals surface area contributed by atoms with Crippen molar-refractivity contribution < 1.29 is 27.5 Å². The van der Waals surface area contributed by atoms with E-state index >= 15 is 0 Å². The van der Waals surface area contributed by atoms with Gasteiger partial charge in [0, 0.05) is 6.54 Å². The van der Waals surface area contributed by atoms with Crippen molar-refractivity contribution in [1.82, 2.24) is 10.6 Å². The predicted molar refractivity (Wildman–Crippen MR) is 83.7 cm³/mol. The lowest BCUT2D eigenvalue weighted by Gasteiger charge is -2.11. The number of amides is 2. The standard InChI is InChI=1S/C17H15F3N2O3/c18-12-7-5-11(6-8-12)9-21-15(23)10-22-16(24)13-3-1-2-4-14(13)25-17(19)20/h1-8,17H,9-10H2,(H,21,23)(H,22,24). The third-order valence-corrected chi connectivity index (χ3v) is 3.16. The molecular formula is C17H15F3N2O3.